The van der Waals surface area contributed by atoms with Crippen LogP contribution in [0.3, 0.4) is 0 Å². The minimum absolute atomic E-state index is 0.778. The van der Waals surface area contributed by atoms with E-state index in [9.17, 15) is 43.2 Å². The fourth-order valence-corrected chi connectivity index (χ4v) is 5.58. The van der Waals surface area contributed by atoms with Gasteiger partial charge in [0.15, 0.2) is 38.5 Å². The lowest BCUT2D eigenvalue weighted by molar-refractivity contribution is -0.701. The zero-order valence-electron chi connectivity index (χ0n) is 18.0. The van der Waals surface area contributed by atoms with Crippen molar-refractivity contribution in [3.63, 3.8) is 0 Å². The quantitative estimate of drug-likeness (QED) is 0.250. The maximum Gasteiger partial charge on any atom is 0.506 e. The van der Waals surface area contributed by atoms with Gasteiger partial charge in [0.1, 0.15) is 0 Å². The number of aromatic nitrogens is 1. The Morgan fingerprint density at radius 2 is 1.36 bits per heavy atom. The van der Waals surface area contributed by atoms with Crippen molar-refractivity contribution in [2.45, 2.75) is 43.4 Å². The van der Waals surface area contributed by atoms with Gasteiger partial charge in [-0.1, -0.05) is 13.0 Å². The lowest BCUT2D eigenvalue weighted by Gasteiger charge is -2.23. The van der Waals surface area contributed by atoms with Crippen molar-refractivity contribution in [2.75, 3.05) is 21.3 Å². The van der Waals surface area contributed by atoms with Gasteiger partial charge in [0.05, 0.1) is 6.04 Å². The van der Waals surface area contributed by atoms with Crippen LogP contribution in [0.5, 0.6) is 0 Å². The Labute approximate surface area is 189 Å². The summed E-state index contributed by atoms with van der Waals surface area (Å²) >= 11 is 0. The summed E-state index contributed by atoms with van der Waals surface area (Å²) in [6, 6.07) is 7.07. The molecule has 0 N–H and O–H groups in total. The minimum Gasteiger partial charge on any atom is -0.421 e. The molecule has 0 fully saturated rings. The van der Waals surface area contributed by atoms with Gasteiger partial charge in [-0.3, -0.25) is 0 Å². The third-order valence-electron chi connectivity index (χ3n) is 3.91. The van der Waals surface area contributed by atoms with Crippen LogP contribution in [0, 0.1) is 0 Å². The van der Waals surface area contributed by atoms with Crippen molar-refractivity contribution in [2.24, 2.45) is 0 Å². The number of alkyl halides is 6. The van der Waals surface area contributed by atoms with Gasteiger partial charge in [-0.2, -0.15) is 26.3 Å². The zero-order valence-corrected chi connectivity index (χ0v) is 20.6. The number of pyridine rings is 1. The van der Waals surface area contributed by atoms with Crippen LogP contribution in [0.2, 0.25) is 6.04 Å². The van der Waals surface area contributed by atoms with Crippen LogP contribution in [-0.4, -0.2) is 58.0 Å². The van der Waals surface area contributed by atoms with Crippen LogP contribution in [0.25, 0.3) is 4.13 Å². The van der Waals surface area contributed by atoms with E-state index >= 15 is 0 Å². The average Bonchev–Trinajstić information content (AvgIpc) is 2.69. The number of aryl methyl sites for hydroxylation is 2. The first-order valence-corrected chi connectivity index (χ1v) is 13.7. The number of nitrogens with zero attached hydrogens (tertiary/aromatic N) is 2. The Kier molecular flexibility index (Phi) is 11.9. The van der Waals surface area contributed by atoms with Crippen molar-refractivity contribution in [1.82, 2.24) is 0 Å². The van der Waals surface area contributed by atoms with Gasteiger partial charge in [0.2, 0.25) is 0 Å². The molecule has 0 aliphatic rings. The fraction of sp³-hybridized carbons (Fsp3) is 0.667. The van der Waals surface area contributed by atoms with E-state index in [2.05, 4.69) is 35.9 Å². The molecule has 1 heterocycles. The molecule has 1 aromatic heterocycles. The highest BCUT2D eigenvalue weighted by Gasteiger charge is 2.47. The molecular weight excluding hydrogens is 526 g/mol. The standard InChI is InChI=1S/C13H24NO3Si.C2F6NO4S2/c1-5-8-13-9-6-7-10-14(13)11-12-18(15-2,16-3)17-4;3-1(4,5)14(10,11)9-15(12,13)2(6,7)8/h6-7,9-10H,5,8,11-12H2,1-4H3;/q+1;-1. The lowest BCUT2D eigenvalue weighted by atomic mass is 10.2. The summed E-state index contributed by atoms with van der Waals surface area (Å²) in [6.07, 6.45) is 4.33. The first-order valence-electron chi connectivity index (χ1n) is 8.91. The monoisotopic (exact) mass is 550 g/mol. The van der Waals surface area contributed by atoms with Crippen molar-refractivity contribution in [1.29, 1.82) is 0 Å². The van der Waals surface area contributed by atoms with E-state index in [1.54, 1.807) is 21.3 Å². The second-order valence-corrected chi connectivity index (χ2v) is 12.6. The van der Waals surface area contributed by atoms with E-state index in [0.717, 1.165) is 29.6 Å². The molecule has 1 aromatic rings. The highest BCUT2D eigenvalue weighted by atomic mass is 32.3. The highest BCUT2D eigenvalue weighted by molar-refractivity contribution is 8.13. The molecule has 0 aromatic carbocycles. The fourth-order valence-electron chi connectivity index (χ4n) is 2.24. The summed E-state index contributed by atoms with van der Waals surface area (Å²) in [7, 11) is -10.9. The predicted octanol–water partition coefficient (Wildman–Crippen LogP) is 2.86. The van der Waals surface area contributed by atoms with Crippen LogP contribution in [0.4, 0.5) is 26.3 Å². The van der Waals surface area contributed by atoms with E-state index in [-0.39, 0.29) is 0 Å². The smallest absolute Gasteiger partial charge is 0.421 e. The van der Waals surface area contributed by atoms with Crippen molar-refractivity contribution < 1.29 is 61.0 Å². The SMILES string of the molecule is CCCc1cccc[n+]1CC[Si](OC)(OC)OC.O=S(=O)([N-]S(=O)(=O)C(F)(F)F)C(F)(F)F. The largest absolute Gasteiger partial charge is 0.506 e. The number of rotatable bonds is 10. The van der Waals surface area contributed by atoms with Crippen molar-refractivity contribution >= 4 is 28.9 Å². The normalized spacial score (nSPS) is 13.4. The molecule has 18 heteroatoms. The van der Waals surface area contributed by atoms with E-state index in [0.29, 0.717) is 0 Å². The molecule has 0 aliphatic carbocycles. The Morgan fingerprint density at radius 1 is 0.909 bits per heavy atom. The van der Waals surface area contributed by atoms with Crippen LogP contribution >= 0.6 is 0 Å². The summed E-state index contributed by atoms with van der Waals surface area (Å²) in [5.41, 5.74) is -11.1. The van der Waals surface area contributed by atoms with Gasteiger partial charge in [-0.25, -0.2) is 21.4 Å². The zero-order chi connectivity index (χ0) is 26.1. The number of hydrogen-bond donors (Lipinski definition) is 0. The van der Waals surface area contributed by atoms with Gasteiger partial charge in [0.25, 0.3) is 0 Å². The van der Waals surface area contributed by atoms with E-state index in [1.807, 2.05) is 0 Å². The first-order chi connectivity index (χ1) is 14.9. The van der Waals surface area contributed by atoms with Crippen LogP contribution in [0.1, 0.15) is 19.0 Å². The van der Waals surface area contributed by atoms with E-state index < -0.39 is 39.9 Å². The van der Waals surface area contributed by atoms with Gasteiger partial charge >= 0.3 is 19.8 Å². The second-order valence-electron chi connectivity index (χ2n) is 6.10. The van der Waals surface area contributed by atoms with Crippen molar-refractivity contribution in [3.05, 3.63) is 34.2 Å². The summed E-state index contributed by atoms with van der Waals surface area (Å²) < 4.78 is 128. The van der Waals surface area contributed by atoms with E-state index in [1.165, 1.54) is 5.69 Å². The lowest BCUT2D eigenvalue weighted by Crippen LogP contribution is -2.48. The minimum atomic E-state index is -6.72. The Balaban J connectivity index is 0.000000633. The van der Waals surface area contributed by atoms with Gasteiger partial charge < -0.3 is 17.4 Å². The molecule has 0 bridgehead atoms. The molecule has 0 aliphatic heterocycles. The summed E-state index contributed by atoms with van der Waals surface area (Å²) in [4.78, 5) is 0. The third kappa shape index (κ3) is 9.45. The van der Waals surface area contributed by atoms with Crippen molar-refractivity contribution in [3.8, 4) is 0 Å². The first kappa shape index (κ1) is 31.7. The molecule has 1 rings (SSSR count). The molecule has 0 saturated heterocycles. The van der Waals surface area contributed by atoms with Gasteiger partial charge in [0, 0.05) is 39.9 Å². The molecule has 0 radical (unpaired) electrons. The Bertz CT molecular complexity index is 902. The van der Waals surface area contributed by atoms with Crippen LogP contribution < -0.4 is 4.57 Å². The molecule has 0 spiro atoms. The third-order valence-corrected chi connectivity index (χ3v) is 9.36. The molecule has 0 unspecified atom stereocenters. The Hall–Kier alpha value is -1.31. The van der Waals surface area contributed by atoms with Gasteiger partial charge in [-0.15, -0.1) is 0 Å². The summed E-state index contributed by atoms with van der Waals surface area (Å²) in [6.45, 7) is 3.05. The van der Waals surface area contributed by atoms with Gasteiger partial charge in [-0.05, 0) is 6.42 Å². The molecule has 9 nitrogen and oxygen atoms in total. The van der Waals surface area contributed by atoms with E-state index in [4.69, 9.17) is 13.3 Å². The molecule has 194 valence electrons. The predicted molar refractivity (Wildman–Crippen MR) is 106 cm³/mol. The maximum absolute atomic E-state index is 11.4. The number of hydrogen-bond acceptors (Lipinski definition) is 7. The number of halogens is 6. The highest BCUT2D eigenvalue weighted by Crippen LogP contribution is 2.36. The Morgan fingerprint density at radius 3 is 1.73 bits per heavy atom. The molecule has 33 heavy (non-hydrogen) atoms. The topological polar surface area (TPSA) is 114 Å². The molecule has 0 saturated carbocycles. The van der Waals surface area contributed by atoms with Crippen LogP contribution in [0.15, 0.2) is 24.4 Å². The molecule has 0 amide bonds. The maximum atomic E-state index is 11.4. The second kappa shape index (κ2) is 12.4. The van der Waals surface area contributed by atoms with Crippen LogP contribution in [-0.2, 0) is 46.3 Å². The average molecular weight is 551 g/mol. The molecular formula is C15H24F6N2O7S2Si. The molecule has 0 atom stereocenters. The summed E-state index contributed by atoms with van der Waals surface area (Å²) in [5, 5.41) is 0. The number of sulfonamides is 2. The summed E-state index contributed by atoms with van der Waals surface area (Å²) in [5.74, 6) is 0.